The summed E-state index contributed by atoms with van der Waals surface area (Å²) in [6.07, 6.45) is 0. The molecule has 0 spiro atoms. The maximum absolute atomic E-state index is 10.9. The Labute approximate surface area is 99.2 Å². The van der Waals surface area contributed by atoms with Crippen molar-refractivity contribution in [3.63, 3.8) is 0 Å². The molecule has 15 heavy (non-hydrogen) atoms. The Morgan fingerprint density at radius 3 is 2.87 bits per heavy atom. The van der Waals surface area contributed by atoms with Gasteiger partial charge in [0.05, 0.1) is 11.3 Å². The van der Waals surface area contributed by atoms with E-state index in [2.05, 4.69) is 26.1 Å². The van der Waals surface area contributed by atoms with Crippen LogP contribution in [0.3, 0.4) is 0 Å². The van der Waals surface area contributed by atoms with Gasteiger partial charge in [0.15, 0.2) is 0 Å². The highest BCUT2D eigenvalue weighted by Crippen LogP contribution is 2.23. The molecule has 4 nitrogen and oxygen atoms in total. The van der Waals surface area contributed by atoms with Gasteiger partial charge in [0.2, 0.25) is 9.05 Å². The van der Waals surface area contributed by atoms with Crippen molar-refractivity contribution in [2.24, 2.45) is 0 Å². The first kappa shape index (κ1) is 10.9. The van der Waals surface area contributed by atoms with Gasteiger partial charge in [0, 0.05) is 16.1 Å². The Morgan fingerprint density at radius 1 is 1.47 bits per heavy atom. The van der Waals surface area contributed by atoms with Crippen molar-refractivity contribution in [2.45, 2.75) is 5.75 Å². The summed E-state index contributed by atoms with van der Waals surface area (Å²) >= 11 is 3.28. The molecule has 1 heterocycles. The molecule has 2 rings (SSSR count). The first-order valence-corrected chi connectivity index (χ1v) is 7.28. The van der Waals surface area contributed by atoms with Gasteiger partial charge in [-0.05, 0) is 33.6 Å². The summed E-state index contributed by atoms with van der Waals surface area (Å²) in [4.78, 5) is 0. The molecule has 1 aromatic carbocycles. The highest BCUT2D eigenvalue weighted by molar-refractivity contribution is 9.10. The molecule has 0 saturated heterocycles. The molecule has 0 radical (unpaired) electrons. The molecule has 80 valence electrons. The van der Waals surface area contributed by atoms with Crippen LogP contribution in [0.5, 0.6) is 0 Å². The number of hydrogen-bond acceptors (Lipinski definition) is 3. The Hall–Kier alpha value is -0.590. The minimum atomic E-state index is -3.52. The van der Waals surface area contributed by atoms with Crippen molar-refractivity contribution in [3.8, 4) is 0 Å². The molecule has 0 amide bonds. The fraction of sp³-hybridized carbons (Fsp3) is 0.125. The molecule has 7 heteroatoms. The van der Waals surface area contributed by atoms with Crippen molar-refractivity contribution >= 4 is 46.6 Å². The van der Waals surface area contributed by atoms with Crippen molar-refractivity contribution in [3.05, 3.63) is 28.4 Å². The van der Waals surface area contributed by atoms with Gasteiger partial charge in [-0.1, -0.05) is 6.07 Å². The van der Waals surface area contributed by atoms with E-state index in [9.17, 15) is 8.42 Å². The van der Waals surface area contributed by atoms with Gasteiger partial charge >= 0.3 is 0 Å². The molecule has 0 aliphatic rings. The predicted molar refractivity (Wildman–Crippen MR) is 62.3 cm³/mol. The lowest BCUT2D eigenvalue weighted by atomic mass is 10.2. The monoisotopic (exact) mass is 308 g/mol. The SMILES string of the molecule is O=S(=O)(Cl)Cc1ccc2n[nH]c(Br)c2c1. The highest BCUT2D eigenvalue weighted by Gasteiger charge is 2.09. The van der Waals surface area contributed by atoms with E-state index in [-0.39, 0.29) is 5.75 Å². The predicted octanol–water partition coefficient (Wildman–Crippen LogP) is 2.39. The van der Waals surface area contributed by atoms with Gasteiger partial charge in [-0.15, -0.1) is 0 Å². The lowest BCUT2D eigenvalue weighted by molar-refractivity contribution is 0.609. The number of H-pyrrole nitrogens is 1. The quantitative estimate of drug-likeness (QED) is 0.866. The van der Waals surface area contributed by atoms with Crippen molar-refractivity contribution in [1.29, 1.82) is 0 Å². The van der Waals surface area contributed by atoms with Crippen molar-refractivity contribution < 1.29 is 8.42 Å². The average Bonchev–Trinajstić information content (AvgIpc) is 2.45. The molecule has 0 unspecified atom stereocenters. The Kier molecular flexibility index (Phi) is 2.74. The fourth-order valence-corrected chi connectivity index (χ4v) is 2.68. The zero-order valence-corrected chi connectivity index (χ0v) is 10.5. The third-order valence-corrected chi connectivity index (χ3v) is 3.52. The van der Waals surface area contributed by atoms with Gasteiger partial charge in [0.25, 0.3) is 0 Å². The van der Waals surface area contributed by atoms with E-state index in [4.69, 9.17) is 10.7 Å². The van der Waals surface area contributed by atoms with E-state index >= 15 is 0 Å². The van der Waals surface area contributed by atoms with Crippen LogP contribution < -0.4 is 0 Å². The van der Waals surface area contributed by atoms with E-state index in [1.807, 2.05) is 0 Å². The summed E-state index contributed by atoms with van der Waals surface area (Å²) in [7, 11) is 1.65. The van der Waals surface area contributed by atoms with E-state index < -0.39 is 9.05 Å². The van der Waals surface area contributed by atoms with Gasteiger partial charge in [-0.2, -0.15) is 5.10 Å². The molecule has 1 N–H and O–H groups in total. The Morgan fingerprint density at radius 2 is 2.20 bits per heavy atom. The lowest BCUT2D eigenvalue weighted by Gasteiger charge is -1.97. The zero-order valence-electron chi connectivity index (χ0n) is 7.37. The maximum atomic E-state index is 10.9. The van der Waals surface area contributed by atoms with Crippen LogP contribution in [0, 0.1) is 0 Å². The highest BCUT2D eigenvalue weighted by atomic mass is 79.9. The fourth-order valence-electron chi connectivity index (χ4n) is 1.31. The Bertz CT molecular complexity index is 608. The van der Waals surface area contributed by atoms with Crippen LogP contribution >= 0.6 is 26.6 Å². The second-order valence-corrected chi connectivity index (χ2v) is 6.64. The summed E-state index contributed by atoms with van der Waals surface area (Å²) in [5.41, 5.74) is 1.41. The summed E-state index contributed by atoms with van der Waals surface area (Å²) in [5, 5.41) is 7.59. The van der Waals surface area contributed by atoms with E-state index in [1.54, 1.807) is 18.2 Å². The molecule has 0 atom stereocenters. The molecule has 2 aromatic rings. The number of nitrogens with zero attached hydrogens (tertiary/aromatic N) is 1. The standard InChI is InChI=1S/C8H6BrClN2O2S/c9-8-6-3-5(4-15(10,13)14)1-2-7(6)11-12-8/h1-3H,4H2,(H,11,12). The van der Waals surface area contributed by atoms with E-state index in [1.165, 1.54) is 0 Å². The van der Waals surface area contributed by atoms with Crippen molar-refractivity contribution in [1.82, 2.24) is 10.2 Å². The number of aromatic amines is 1. The second-order valence-electron chi connectivity index (χ2n) is 3.07. The number of fused-ring (bicyclic) bond motifs is 1. The third kappa shape index (κ3) is 2.50. The second kappa shape index (κ2) is 3.77. The lowest BCUT2D eigenvalue weighted by Crippen LogP contribution is -1.94. The van der Waals surface area contributed by atoms with Crippen LogP contribution in [0.1, 0.15) is 5.56 Å². The van der Waals surface area contributed by atoms with E-state index in [0.717, 1.165) is 15.5 Å². The van der Waals surface area contributed by atoms with Gasteiger partial charge in [-0.3, -0.25) is 5.10 Å². The maximum Gasteiger partial charge on any atom is 0.236 e. The smallest absolute Gasteiger partial charge is 0.236 e. The molecule has 0 fully saturated rings. The van der Waals surface area contributed by atoms with Crippen LogP contribution in [0.2, 0.25) is 0 Å². The van der Waals surface area contributed by atoms with Crippen molar-refractivity contribution in [2.75, 3.05) is 0 Å². The minimum Gasteiger partial charge on any atom is -0.270 e. The summed E-state index contributed by atoms with van der Waals surface area (Å²) in [6, 6.07) is 5.17. The molecular formula is C8H6BrClN2O2S. The average molecular weight is 310 g/mol. The molecule has 0 saturated carbocycles. The number of benzene rings is 1. The molecular weight excluding hydrogens is 304 g/mol. The molecule has 0 aliphatic carbocycles. The summed E-state index contributed by atoms with van der Waals surface area (Å²) in [5.74, 6) is -0.178. The minimum absolute atomic E-state index is 0.178. The number of aromatic nitrogens is 2. The number of halogens is 2. The van der Waals surface area contributed by atoms with Crippen LogP contribution in [0.15, 0.2) is 22.8 Å². The van der Waals surface area contributed by atoms with Gasteiger partial charge in [0.1, 0.15) is 4.60 Å². The normalized spacial score (nSPS) is 12.1. The molecule has 0 bridgehead atoms. The zero-order chi connectivity index (χ0) is 11.1. The first-order chi connectivity index (χ1) is 6.96. The first-order valence-electron chi connectivity index (χ1n) is 4.00. The molecule has 0 aliphatic heterocycles. The van der Waals surface area contributed by atoms with Gasteiger partial charge in [-0.25, -0.2) is 8.42 Å². The van der Waals surface area contributed by atoms with Crippen LogP contribution in [-0.4, -0.2) is 18.6 Å². The summed E-state index contributed by atoms with van der Waals surface area (Å²) < 4.78 is 22.5. The van der Waals surface area contributed by atoms with Crippen LogP contribution in [0.25, 0.3) is 10.9 Å². The molecule has 1 aromatic heterocycles. The van der Waals surface area contributed by atoms with Crippen LogP contribution in [0.4, 0.5) is 0 Å². The summed E-state index contributed by atoms with van der Waals surface area (Å²) in [6.45, 7) is 0. The number of nitrogens with one attached hydrogen (secondary N) is 1. The van der Waals surface area contributed by atoms with Gasteiger partial charge < -0.3 is 0 Å². The topological polar surface area (TPSA) is 62.8 Å². The van der Waals surface area contributed by atoms with Crippen LogP contribution in [-0.2, 0) is 14.8 Å². The largest absolute Gasteiger partial charge is 0.270 e. The third-order valence-electron chi connectivity index (χ3n) is 1.91. The Balaban J connectivity index is 2.51. The van der Waals surface area contributed by atoms with E-state index in [0.29, 0.717) is 5.56 Å². The number of rotatable bonds is 2. The number of hydrogen-bond donors (Lipinski definition) is 1.